The Balaban J connectivity index is 1.50. The molecule has 2 rings (SSSR count). The molecule has 0 spiro atoms. The largest absolute Gasteiger partial charge is 0.355 e. The van der Waals surface area contributed by atoms with E-state index in [0.717, 1.165) is 44.3 Å². The molecule has 0 aliphatic heterocycles. The number of hydrogen-bond donors (Lipinski definition) is 2. The number of carbonyl (C=O) groups is 1. The third-order valence-corrected chi connectivity index (χ3v) is 3.43. The van der Waals surface area contributed by atoms with E-state index in [9.17, 15) is 4.79 Å². The first kappa shape index (κ1) is 10.9. The number of rotatable bonds is 7. The van der Waals surface area contributed by atoms with Crippen LogP contribution in [-0.4, -0.2) is 25.5 Å². The van der Waals surface area contributed by atoms with Gasteiger partial charge < -0.3 is 10.6 Å². The summed E-state index contributed by atoms with van der Waals surface area (Å²) < 4.78 is 0. The lowest BCUT2D eigenvalue weighted by atomic mass is 10.2. The molecule has 0 aromatic carbocycles. The van der Waals surface area contributed by atoms with E-state index in [4.69, 9.17) is 0 Å². The van der Waals surface area contributed by atoms with Crippen molar-refractivity contribution in [3.8, 4) is 0 Å². The monoisotopic (exact) mass is 210 g/mol. The molecular formula is C12H22N2O. The first-order valence-electron chi connectivity index (χ1n) is 6.31. The number of carbonyl (C=O) groups excluding carboxylic acids is 1. The fraction of sp³-hybridized carbons (Fsp3) is 0.917. The molecule has 2 atom stereocenters. The van der Waals surface area contributed by atoms with E-state index >= 15 is 0 Å². The van der Waals surface area contributed by atoms with Crippen molar-refractivity contribution in [2.24, 2.45) is 17.8 Å². The molecule has 0 aromatic heterocycles. The third kappa shape index (κ3) is 3.20. The van der Waals surface area contributed by atoms with Crippen LogP contribution in [0.15, 0.2) is 0 Å². The SMILES string of the molecule is CCCNCCNC(=O)[C@@H]1C[C@@H]1C1CC1. The average Bonchev–Trinajstić information content (AvgIpc) is 3.05. The van der Waals surface area contributed by atoms with E-state index in [2.05, 4.69) is 17.6 Å². The van der Waals surface area contributed by atoms with Crippen LogP contribution in [0.1, 0.15) is 32.6 Å². The van der Waals surface area contributed by atoms with Gasteiger partial charge in [-0.05, 0) is 44.1 Å². The van der Waals surface area contributed by atoms with Gasteiger partial charge >= 0.3 is 0 Å². The maximum atomic E-state index is 11.6. The zero-order valence-electron chi connectivity index (χ0n) is 9.59. The number of hydrogen-bond acceptors (Lipinski definition) is 2. The van der Waals surface area contributed by atoms with Gasteiger partial charge in [-0.25, -0.2) is 0 Å². The summed E-state index contributed by atoms with van der Waals surface area (Å²) in [5.41, 5.74) is 0. The lowest BCUT2D eigenvalue weighted by Gasteiger charge is -2.05. The van der Waals surface area contributed by atoms with E-state index in [1.54, 1.807) is 0 Å². The fourth-order valence-corrected chi connectivity index (χ4v) is 2.27. The summed E-state index contributed by atoms with van der Waals surface area (Å²) >= 11 is 0. The van der Waals surface area contributed by atoms with Gasteiger partial charge in [0, 0.05) is 19.0 Å². The molecule has 2 N–H and O–H groups in total. The van der Waals surface area contributed by atoms with Gasteiger partial charge in [0.15, 0.2) is 0 Å². The number of nitrogens with one attached hydrogen (secondary N) is 2. The summed E-state index contributed by atoms with van der Waals surface area (Å²) in [6.45, 7) is 4.88. The first-order valence-corrected chi connectivity index (χ1v) is 6.31. The Morgan fingerprint density at radius 2 is 2.07 bits per heavy atom. The Bertz CT molecular complexity index is 226. The Morgan fingerprint density at radius 1 is 1.27 bits per heavy atom. The lowest BCUT2D eigenvalue weighted by molar-refractivity contribution is -0.122. The predicted octanol–water partition coefficient (Wildman–Crippen LogP) is 1.15. The summed E-state index contributed by atoms with van der Waals surface area (Å²) in [5, 5.41) is 6.30. The second-order valence-electron chi connectivity index (χ2n) is 4.88. The molecule has 0 aromatic rings. The highest BCUT2D eigenvalue weighted by Crippen LogP contribution is 2.54. The summed E-state index contributed by atoms with van der Waals surface area (Å²) in [6, 6.07) is 0. The molecule has 3 heteroatoms. The minimum Gasteiger partial charge on any atom is -0.355 e. The molecule has 0 heterocycles. The summed E-state index contributed by atoms with van der Waals surface area (Å²) in [6.07, 6.45) is 5.04. The van der Waals surface area contributed by atoms with Crippen LogP contribution in [0.2, 0.25) is 0 Å². The van der Waals surface area contributed by atoms with Gasteiger partial charge in [-0.3, -0.25) is 4.79 Å². The van der Waals surface area contributed by atoms with Crippen molar-refractivity contribution in [1.82, 2.24) is 10.6 Å². The Morgan fingerprint density at radius 3 is 2.73 bits per heavy atom. The van der Waals surface area contributed by atoms with Crippen molar-refractivity contribution in [2.75, 3.05) is 19.6 Å². The minimum absolute atomic E-state index is 0.296. The van der Waals surface area contributed by atoms with E-state index in [0.29, 0.717) is 11.8 Å². The average molecular weight is 210 g/mol. The molecule has 3 nitrogen and oxygen atoms in total. The van der Waals surface area contributed by atoms with Crippen LogP contribution in [0.25, 0.3) is 0 Å². The molecule has 0 saturated heterocycles. The molecular weight excluding hydrogens is 188 g/mol. The quantitative estimate of drug-likeness (QED) is 0.619. The van der Waals surface area contributed by atoms with Crippen molar-refractivity contribution < 1.29 is 4.79 Å². The van der Waals surface area contributed by atoms with Crippen LogP contribution < -0.4 is 10.6 Å². The second kappa shape index (κ2) is 4.97. The van der Waals surface area contributed by atoms with Crippen molar-refractivity contribution >= 4 is 5.91 Å². The maximum Gasteiger partial charge on any atom is 0.223 e. The predicted molar refractivity (Wildman–Crippen MR) is 60.5 cm³/mol. The van der Waals surface area contributed by atoms with Crippen molar-refractivity contribution in [3.05, 3.63) is 0 Å². The van der Waals surface area contributed by atoms with E-state index in [-0.39, 0.29) is 0 Å². The molecule has 0 unspecified atom stereocenters. The topological polar surface area (TPSA) is 41.1 Å². The van der Waals surface area contributed by atoms with Gasteiger partial charge in [0.2, 0.25) is 5.91 Å². The molecule has 2 aliphatic carbocycles. The zero-order chi connectivity index (χ0) is 10.7. The van der Waals surface area contributed by atoms with E-state index < -0.39 is 0 Å². The van der Waals surface area contributed by atoms with E-state index in [1.165, 1.54) is 12.8 Å². The molecule has 2 saturated carbocycles. The standard InChI is InChI=1S/C12H22N2O/c1-2-5-13-6-7-14-12(15)11-8-10(11)9-3-4-9/h9-11,13H,2-8H2,1H3,(H,14,15)/t10-,11-/m1/s1. The van der Waals surface area contributed by atoms with Crippen molar-refractivity contribution in [3.63, 3.8) is 0 Å². The van der Waals surface area contributed by atoms with Gasteiger partial charge in [-0.15, -0.1) is 0 Å². The normalized spacial score (nSPS) is 28.9. The lowest BCUT2D eigenvalue weighted by Crippen LogP contribution is -2.33. The highest BCUT2D eigenvalue weighted by atomic mass is 16.2. The van der Waals surface area contributed by atoms with Crippen LogP contribution in [0, 0.1) is 17.8 Å². The fourth-order valence-electron chi connectivity index (χ4n) is 2.27. The second-order valence-corrected chi connectivity index (χ2v) is 4.88. The van der Waals surface area contributed by atoms with Crippen molar-refractivity contribution in [2.45, 2.75) is 32.6 Å². The molecule has 86 valence electrons. The van der Waals surface area contributed by atoms with Gasteiger partial charge in [0.1, 0.15) is 0 Å². The Kier molecular flexibility index (Phi) is 3.62. The minimum atomic E-state index is 0.296. The van der Waals surface area contributed by atoms with Gasteiger partial charge in [0.05, 0.1) is 0 Å². The molecule has 0 bridgehead atoms. The van der Waals surface area contributed by atoms with Crippen LogP contribution in [0.5, 0.6) is 0 Å². The maximum absolute atomic E-state index is 11.6. The molecule has 15 heavy (non-hydrogen) atoms. The van der Waals surface area contributed by atoms with Crippen LogP contribution in [0.4, 0.5) is 0 Å². The number of amides is 1. The van der Waals surface area contributed by atoms with Crippen LogP contribution in [0.3, 0.4) is 0 Å². The summed E-state index contributed by atoms with van der Waals surface area (Å²) in [4.78, 5) is 11.6. The third-order valence-electron chi connectivity index (χ3n) is 3.43. The van der Waals surface area contributed by atoms with Crippen molar-refractivity contribution in [1.29, 1.82) is 0 Å². The van der Waals surface area contributed by atoms with Gasteiger partial charge in [0.25, 0.3) is 0 Å². The molecule has 2 fully saturated rings. The Hall–Kier alpha value is -0.570. The smallest absolute Gasteiger partial charge is 0.223 e. The molecule has 2 aliphatic rings. The van der Waals surface area contributed by atoms with Crippen LogP contribution >= 0.6 is 0 Å². The van der Waals surface area contributed by atoms with Gasteiger partial charge in [-0.1, -0.05) is 6.92 Å². The highest BCUT2D eigenvalue weighted by molar-refractivity contribution is 5.81. The zero-order valence-corrected chi connectivity index (χ0v) is 9.59. The Labute approximate surface area is 92.0 Å². The highest BCUT2D eigenvalue weighted by Gasteiger charge is 2.50. The molecule has 0 radical (unpaired) electrons. The first-order chi connectivity index (χ1) is 7.33. The molecule has 1 amide bonds. The summed E-state index contributed by atoms with van der Waals surface area (Å²) in [7, 11) is 0. The summed E-state index contributed by atoms with van der Waals surface area (Å²) in [5.74, 6) is 2.31. The van der Waals surface area contributed by atoms with E-state index in [1.807, 2.05) is 0 Å². The van der Waals surface area contributed by atoms with Crippen LogP contribution in [-0.2, 0) is 4.79 Å². The van der Waals surface area contributed by atoms with Gasteiger partial charge in [-0.2, -0.15) is 0 Å².